The first-order chi connectivity index (χ1) is 14.3. The van der Waals surface area contributed by atoms with Crippen molar-refractivity contribution in [1.29, 1.82) is 5.26 Å². The largest absolute Gasteiger partial charge is 0.493 e. The van der Waals surface area contributed by atoms with Gasteiger partial charge in [-0.15, -0.1) is 0 Å². The molecule has 3 rings (SSSR count). The number of aromatic nitrogens is 1. The Kier molecular flexibility index (Phi) is 6.65. The fraction of sp³-hybridized carbons (Fsp3) is 0.500. The third-order valence-corrected chi connectivity index (χ3v) is 6.73. The fourth-order valence-electron chi connectivity index (χ4n) is 3.86. The maximum atomic E-state index is 11.4. The summed E-state index contributed by atoms with van der Waals surface area (Å²) in [6.07, 6.45) is 4.16. The first kappa shape index (κ1) is 22.1. The highest BCUT2D eigenvalue weighted by Crippen LogP contribution is 2.38. The highest BCUT2D eigenvalue weighted by atomic mass is 32.2. The molecule has 1 fully saturated rings. The number of methoxy groups -OCH3 is 2. The van der Waals surface area contributed by atoms with Crippen molar-refractivity contribution in [1.82, 2.24) is 9.29 Å². The minimum Gasteiger partial charge on any atom is -0.493 e. The number of ether oxygens (including phenoxy) is 2. The minimum atomic E-state index is -3.65. The molecule has 2 heterocycles. The van der Waals surface area contributed by atoms with Crippen LogP contribution in [0.1, 0.15) is 24.8 Å². The van der Waals surface area contributed by atoms with Crippen LogP contribution in [0.3, 0.4) is 0 Å². The lowest BCUT2D eigenvalue weighted by Crippen LogP contribution is -2.37. The number of nitrogens with two attached hydrogens (primary N) is 1. The van der Waals surface area contributed by atoms with E-state index in [1.807, 2.05) is 12.1 Å². The molecule has 0 unspecified atom stereocenters. The lowest BCUT2D eigenvalue weighted by Gasteiger charge is -2.35. The van der Waals surface area contributed by atoms with Gasteiger partial charge in [0, 0.05) is 44.3 Å². The number of nitriles is 1. The fourth-order valence-corrected chi connectivity index (χ4v) is 4.22. The summed E-state index contributed by atoms with van der Waals surface area (Å²) in [5, 5.41) is 15.7. The quantitative estimate of drug-likeness (QED) is 0.707. The molecule has 2 N–H and O–H groups in total. The Labute approximate surface area is 177 Å². The topological polar surface area (TPSA) is 122 Å². The molecule has 1 aliphatic heterocycles. The third kappa shape index (κ3) is 4.59. The van der Waals surface area contributed by atoms with E-state index in [1.165, 1.54) is 11.4 Å². The number of pyridine rings is 1. The number of hydrogen-bond donors (Lipinski definition) is 1. The molecule has 1 aromatic carbocycles. The summed E-state index contributed by atoms with van der Waals surface area (Å²) in [5.41, 5.74) is 2.10. The third-order valence-electron chi connectivity index (χ3n) is 5.68. The highest BCUT2D eigenvalue weighted by Gasteiger charge is 2.25. The molecular formula is C20H27N5O4S. The normalized spacial score (nSPS) is 15.4. The SMILES string of the molecule is COc1cc2ncc(C#N)c(N3CCC(CCN(C)S(N)(=O)=O)CC3)c2cc1OC. The van der Waals surface area contributed by atoms with E-state index >= 15 is 0 Å². The maximum Gasteiger partial charge on any atom is 0.276 e. The summed E-state index contributed by atoms with van der Waals surface area (Å²) >= 11 is 0. The summed E-state index contributed by atoms with van der Waals surface area (Å²) in [4.78, 5) is 6.62. The molecule has 10 heteroatoms. The van der Waals surface area contributed by atoms with Gasteiger partial charge in [-0.25, -0.2) is 5.14 Å². The number of benzene rings is 1. The molecule has 0 spiro atoms. The van der Waals surface area contributed by atoms with Crippen molar-refractivity contribution >= 4 is 26.8 Å². The molecule has 1 aliphatic rings. The number of hydrogen-bond acceptors (Lipinski definition) is 7. The van der Waals surface area contributed by atoms with Gasteiger partial charge in [0.25, 0.3) is 10.2 Å². The van der Waals surface area contributed by atoms with E-state index in [0.29, 0.717) is 29.5 Å². The monoisotopic (exact) mass is 433 g/mol. The average molecular weight is 434 g/mol. The molecule has 9 nitrogen and oxygen atoms in total. The first-order valence-electron chi connectivity index (χ1n) is 9.72. The van der Waals surface area contributed by atoms with Crippen LogP contribution >= 0.6 is 0 Å². The van der Waals surface area contributed by atoms with Crippen LogP contribution in [0.15, 0.2) is 18.3 Å². The van der Waals surface area contributed by atoms with Gasteiger partial charge >= 0.3 is 0 Å². The molecule has 0 bridgehead atoms. The molecule has 162 valence electrons. The maximum absolute atomic E-state index is 11.4. The number of nitrogens with zero attached hydrogens (tertiary/aromatic N) is 4. The van der Waals surface area contributed by atoms with Crippen LogP contribution in [0.5, 0.6) is 11.5 Å². The van der Waals surface area contributed by atoms with Crippen LogP contribution in [0.25, 0.3) is 10.9 Å². The van der Waals surface area contributed by atoms with Gasteiger partial charge in [0.2, 0.25) is 0 Å². The molecule has 0 atom stereocenters. The van der Waals surface area contributed by atoms with Crippen molar-refractivity contribution in [3.05, 3.63) is 23.9 Å². The summed E-state index contributed by atoms with van der Waals surface area (Å²) < 4.78 is 34.7. The summed E-state index contributed by atoms with van der Waals surface area (Å²) in [6.45, 7) is 1.94. The standard InChI is InChI=1S/C20H27N5O4S/c1-24(30(22,26)27)7-4-14-5-8-25(9-6-14)20-15(12-21)13-23-17-11-19(29-3)18(28-2)10-16(17)20/h10-11,13-14H,4-9H2,1-3H3,(H2,22,26,27). The van der Waals surface area contributed by atoms with Crippen LogP contribution in [-0.2, 0) is 10.2 Å². The molecule has 0 saturated carbocycles. The Morgan fingerprint density at radius 3 is 2.47 bits per heavy atom. The Hall–Kier alpha value is -2.61. The van der Waals surface area contributed by atoms with Crippen LogP contribution in [0, 0.1) is 17.2 Å². The van der Waals surface area contributed by atoms with E-state index in [4.69, 9.17) is 14.6 Å². The number of fused-ring (bicyclic) bond motifs is 1. The van der Waals surface area contributed by atoms with E-state index in [1.54, 1.807) is 20.4 Å². The predicted molar refractivity (Wildman–Crippen MR) is 115 cm³/mol. The van der Waals surface area contributed by atoms with Crippen molar-refractivity contribution < 1.29 is 17.9 Å². The Bertz CT molecular complexity index is 1060. The lowest BCUT2D eigenvalue weighted by atomic mass is 9.92. The number of rotatable bonds is 7. The van der Waals surface area contributed by atoms with Gasteiger partial charge < -0.3 is 14.4 Å². The van der Waals surface area contributed by atoms with Gasteiger partial charge in [-0.05, 0) is 31.2 Å². The first-order valence-corrected chi connectivity index (χ1v) is 11.2. The van der Waals surface area contributed by atoms with Crippen molar-refractivity contribution in [2.45, 2.75) is 19.3 Å². The van der Waals surface area contributed by atoms with Gasteiger partial charge in [-0.1, -0.05) is 0 Å². The van der Waals surface area contributed by atoms with E-state index in [9.17, 15) is 13.7 Å². The second kappa shape index (κ2) is 9.04. The molecular weight excluding hydrogens is 406 g/mol. The molecule has 1 saturated heterocycles. The van der Waals surface area contributed by atoms with Crippen LogP contribution in [-0.4, -0.2) is 58.6 Å². The van der Waals surface area contributed by atoms with Crippen LogP contribution in [0.4, 0.5) is 5.69 Å². The highest BCUT2D eigenvalue weighted by molar-refractivity contribution is 7.86. The van der Waals surface area contributed by atoms with E-state index in [-0.39, 0.29) is 0 Å². The second-order valence-corrected chi connectivity index (χ2v) is 9.10. The molecule has 0 aliphatic carbocycles. The zero-order valence-electron chi connectivity index (χ0n) is 17.5. The molecule has 1 aromatic heterocycles. The zero-order valence-corrected chi connectivity index (χ0v) is 18.3. The Morgan fingerprint density at radius 1 is 1.27 bits per heavy atom. The van der Waals surface area contributed by atoms with Gasteiger partial charge in [0.1, 0.15) is 6.07 Å². The summed E-state index contributed by atoms with van der Waals surface area (Å²) in [5.74, 6) is 1.58. The van der Waals surface area contributed by atoms with E-state index in [2.05, 4.69) is 16.0 Å². The van der Waals surface area contributed by atoms with Gasteiger partial charge in [-0.2, -0.15) is 18.0 Å². The smallest absolute Gasteiger partial charge is 0.276 e. The van der Waals surface area contributed by atoms with Gasteiger partial charge in [0.05, 0.1) is 31.0 Å². The Balaban J connectivity index is 1.82. The Morgan fingerprint density at radius 2 is 1.90 bits per heavy atom. The van der Waals surface area contributed by atoms with E-state index in [0.717, 1.165) is 48.9 Å². The molecule has 0 amide bonds. The van der Waals surface area contributed by atoms with Gasteiger partial charge in [0.15, 0.2) is 11.5 Å². The minimum absolute atomic E-state index is 0.402. The molecule has 0 radical (unpaired) electrons. The van der Waals surface area contributed by atoms with Crippen LogP contribution in [0.2, 0.25) is 0 Å². The number of anilines is 1. The van der Waals surface area contributed by atoms with Crippen molar-refractivity contribution in [2.75, 3.05) is 45.8 Å². The second-order valence-electron chi connectivity index (χ2n) is 7.44. The van der Waals surface area contributed by atoms with Crippen molar-refractivity contribution in [2.24, 2.45) is 11.1 Å². The lowest BCUT2D eigenvalue weighted by molar-refractivity contribution is 0.345. The summed E-state index contributed by atoms with van der Waals surface area (Å²) in [7, 11) is 1.00. The van der Waals surface area contributed by atoms with Gasteiger partial charge in [-0.3, -0.25) is 4.98 Å². The predicted octanol–water partition coefficient (Wildman–Crippen LogP) is 1.87. The average Bonchev–Trinajstić information content (AvgIpc) is 2.75. The van der Waals surface area contributed by atoms with E-state index < -0.39 is 10.2 Å². The van der Waals surface area contributed by atoms with Crippen LogP contribution < -0.4 is 19.5 Å². The van der Waals surface area contributed by atoms with Crippen molar-refractivity contribution in [3.8, 4) is 17.6 Å². The zero-order chi connectivity index (χ0) is 21.9. The summed E-state index contributed by atoms with van der Waals surface area (Å²) in [6, 6.07) is 5.94. The molecule has 30 heavy (non-hydrogen) atoms. The molecule has 2 aromatic rings. The number of piperidine rings is 1. The van der Waals surface area contributed by atoms with Crippen molar-refractivity contribution in [3.63, 3.8) is 0 Å².